The highest BCUT2D eigenvalue weighted by Crippen LogP contribution is 2.33. The van der Waals surface area contributed by atoms with Gasteiger partial charge < -0.3 is 5.11 Å². The molecule has 116 valence electrons. The van der Waals surface area contributed by atoms with Gasteiger partial charge in [0, 0.05) is 10.9 Å². The summed E-state index contributed by atoms with van der Waals surface area (Å²) in [7, 11) is 0. The molecule has 0 unspecified atom stereocenters. The number of aromatic nitrogens is 1. The molecule has 1 N–H and O–H groups in total. The molecule has 3 rings (SSSR count). The number of para-hydroxylation sites is 1. The molecule has 0 radical (unpaired) electrons. The van der Waals surface area contributed by atoms with Crippen molar-refractivity contribution >= 4 is 16.9 Å². The first-order chi connectivity index (χ1) is 10.9. The summed E-state index contributed by atoms with van der Waals surface area (Å²) >= 11 is 0. The zero-order chi connectivity index (χ0) is 16.6. The molecule has 0 bridgehead atoms. The zero-order valence-corrected chi connectivity index (χ0v) is 11.6. The Bertz CT molecular complexity index is 904. The van der Waals surface area contributed by atoms with Crippen LogP contribution in [-0.2, 0) is 6.18 Å². The van der Waals surface area contributed by atoms with Gasteiger partial charge >= 0.3 is 12.1 Å². The molecule has 0 atom stereocenters. The molecule has 0 spiro atoms. The van der Waals surface area contributed by atoms with Gasteiger partial charge in [-0.2, -0.15) is 13.2 Å². The number of halogens is 3. The summed E-state index contributed by atoms with van der Waals surface area (Å²) < 4.78 is 38.6. The molecule has 2 aromatic carbocycles. The standard InChI is InChI=1S/C17H10F3NO2/c18-17(19,20)12-6-3-5-10(8-12)13-9-11-4-1-2-7-14(11)21-15(13)16(22)23/h1-9H,(H,22,23). The van der Waals surface area contributed by atoms with Gasteiger partial charge in [0.1, 0.15) is 0 Å². The van der Waals surface area contributed by atoms with Gasteiger partial charge in [-0.05, 0) is 29.8 Å². The highest BCUT2D eigenvalue weighted by molar-refractivity contribution is 5.98. The molecule has 1 aromatic heterocycles. The molecule has 0 saturated heterocycles. The number of carboxylic acid groups (broad SMARTS) is 1. The SMILES string of the molecule is O=C(O)c1nc2ccccc2cc1-c1cccc(C(F)(F)F)c1. The number of carboxylic acids is 1. The molecule has 0 aliphatic rings. The van der Waals surface area contributed by atoms with Crippen LogP contribution in [0.5, 0.6) is 0 Å². The van der Waals surface area contributed by atoms with E-state index in [0.717, 1.165) is 12.1 Å². The van der Waals surface area contributed by atoms with E-state index in [2.05, 4.69) is 4.98 Å². The molecule has 0 fully saturated rings. The Kier molecular flexibility index (Phi) is 3.52. The average molecular weight is 317 g/mol. The Morgan fingerprint density at radius 2 is 1.74 bits per heavy atom. The van der Waals surface area contributed by atoms with E-state index in [9.17, 15) is 23.1 Å². The molecule has 3 nitrogen and oxygen atoms in total. The van der Waals surface area contributed by atoms with Gasteiger partial charge in [-0.25, -0.2) is 9.78 Å². The second-order valence-electron chi connectivity index (χ2n) is 4.96. The van der Waals surface area contributed by atoms with Crippen molar-refractivity contribution in [2.45, 2.75) is 6.18 Å². The molecular formula is C17H10F3NO2. The Morgan fingerprint density at radius 1 is 1.00 bits per heavy atom. The molecule has 3 aromatic rings. The van der Waals surface area contributed by atoms with E-state index in [1.807, 2.05) is 0 Å². The number of nitrogens with zero attached hydrogens (tertiary/aromatic N) is 1. The van der Waals surface area contributed by atoms with Gasteiger partial charge in [-0.3, -0.25) is 0 Å². The first kappa shape index (κ1) is 15.0. The minimum Gasteiger partial charge on any atom is -0.476 e. The van der Waals surface area contributed by atoms with Gasteiger partial charge in [-0.15, -0.1) is 0 Å². The van der Waals surface area contributed by atoms with Gasteiger partial charge in [-0.1, -0.05) is 30.3 Å². The van der Waals surface area contributed by atoms with Crippen molar-refractivity contribution in [3.05, 3.63) is 65.9 Å². The summed E-state index contributed by atoms with van der Waals surface area (Å²) in [6.07, 6.45) is -4.50. The first-order valence-corrected chi connectivity index (χ1v) is 6.67. The van der Waals surface area contributed by atoms with E-state index in [1.165, 1.54) is 12.1 Å². The third-order valence-corrected chi connectivity index (χ3v) is 3.43. The number of carbonyl (C=O) groups is 1. The number of alkyl halides is 3. The molecule has 1 heterocycles. The van der Waals surface area contributed by atoms with Crippen LogP contribution in [0.2, 0.25) is 0 Å². The van der Waals surface area contributed by atoms with Crippen LogP contribution in [0.15, 0.2) is 54.6 Å². The number of aromatic carboxylic acids is 1. The topological polar surface area (TPSA) is 50.2 Å². The summed E-state index contributed by atoms with van der Waals surface area (Å²) in [4.78, 5) is 15.5. The Hall–Kier alpha value is -2.89. The third-order valence-electron chi connectivity index (χ3n) is 3.43. The maximum absolute atomic E-state index is 12.9. The number of fused-ring (bicyclic) bond motifs is 1. The Morgan fingerprint density at radius 3 is 2.43 bits per heavy atom. The lowest BCUT2D eigenvalue weighted by Gasteiger charge is -2.11. The van der Waals surface area contributed by atoms with Crippen molar-refractivity contribution in [2.75, 3.05) is 0 Å². The molecule has 0 aliphatic carbocycles. The van der Waals surface area contributed by atoms with Crippen molar-refractivity contribution in [1.29, 1.82) is 0 Å². The highest BCUT2D eigenvalue weighted by atomic mass is 19.4. The summed E-state index contributed by atoms with van der Waals surface area (Å²) in [6, 6.07) is 12.9. The van der Waals surface area contributed by atoms with Crippen molar-refractivity contribution < 1.29 is 23.1 Å². The van der Waals surface area contributed by atoms with Crippen LogP contribution >= 0.6 is 0 Å². The number of rotatable bonds is 2. The van der Waals surface area contributed by atoms with Crippen molar-refractivity contribution in [2.24, 2.45) is 0 Å². The smallest absolute Gasteiger partial charge is 0.416 e. The van der Waals surface area contributed by atoms with E-state index >= 15 is 0 Å². The highest BCUT2D eigenvalue weighted by Gasteiger charge is 2.30. The fourth-order valence-corrected chi connectivity index (χ4v) is 2.36. The summed E-state index contributed by atoms with van der Waals surface area (Å²) in [6.45, 7) is 0. The largest absolute Gasteiger partial charge is 0.476 e. The van der Waals surface area contributed by atoms with E-state index in [-0.39, 0.29) is 16.8 Å². The van der Waals surface area contributed by atoms with Gasteiger partial charge in [0.25, 0.3) is 0 Å². The monoisotopic (exact) mass is 317 g/mol. The molecular weight excluding hydrogens is 307 g/mol. The van der Waals surface area contributed by atoms with Crippen LogP contribution < -0.4 is 0 Å². The maximum atomic E-state index is 12.9. The van der Waals surface area contributed by atoms with Crippen molar-refractivity contribution in [1.82, 2.24) is 4.98 Å². The minimum absolute atomic E-state index is 0.155. The predicted octanol–water partition coefficient (Wildman–Crippen LogP) is 4.62. The van der Waals surface area contributed by atoms with Crippen LogP contribution in [0.1, 0.15) is 16.1 Å². The molecule has 0 amide bonds. The number of hydrogen-bond donors (Lipinski definition) is 1. The Labute approximate surface area is 129 Å². The van der Waals surface area contributed by atoms with Crippen LogP contribution in [0.25, 0.3) is 22.0 Å². The van der Waals surface area contributed by atoms with Gasteiger partial charge in [0.2, 0.25) is 0 Å². The van der Waals surface area contributed by atoms with E-state index in [1.54, 1.807) is 30.3 Å². The van der Waals surface area contributed by atoms with Crippen LogP contribution in [0.3, 0.4) is 0 Å². The second-order valence-corrected chi connectivity index (χ2v) is 4.96. The van der Waals surface area contributed by atoms with Gasteiger partial charge in [0.05, 0.1) is 11.1 Å². The minimum atomic E-state index is -4.50. The lowest BCUT2D eigenvalue weighted by atomic mass is 9.99. The maximum Gasteiger partial charge on any atom is 0.416 e. The molecule has 23 heavy (non-hydrogen) atoms. The number of benzene rings is 2. The molecule has 0 saturated carbocycles. The lowest BCUT2D eigenvalue weighted by molar-refractivity contribution is -0.137. The second kappa shape index (κ2) is 5.39. The fourth-order valence-electron chi connectivity index (χ4n) is 2.36. The lowest BCUT2D eigenvalue weighted by Crippen LogP contribution is -2.06. The Balaban J connectivity index is 2.26. The van der Waals surface area contributed by atoms with E-state index in [4.69, 9.17) is 0 Å². The van der Waals surface area contributed by atoms with E-state index < -0.39 is 17.7 Å². The summed E-state index contributed by atoms with van der Waals surface area (Å²) in [5.74, 6) is -1.29. The van der Waals surface area contributed by atoms with Crippen LogP contribution in [0.4, 0.5) is 13.2 Å². The fraction of sp³-hybridized carbons (Fsp3) is 0.0588. The van der Waals surface area contributed by atoms with Crippen LogP contribution in [-0.4, -0.2) is 16.1 Å². The predicted molar refractivity (Wildman–Crippen MR) is 79.1 cm³/mol. The normalized spacial score (nSPS) is 11.6. The number of hydrogen-bond acceptors (Lipinski definition) is 2. The third kappa shape index (κ3) is 2.88. The average Bonchev–Trinajstić information content (AvgIpc) is 2.53. The quantitative estimate of drug-likeness (QED) is 0.750. The van der Waals surface area contributed by atoms with Gasteiger partial charge in [0.15, 0.2) is 5.69 Å². The molecule has 6 heteroatoms. The van der Waals surface area contributed by atoms with Crippen molar-refractivity contribution in [3.63, 3.8) is 0 Å². The summed E-state index contributed by atoms with van der Waals surface area (Å²) in [5, 5.41) is 9.99. The molecule has 0 aliphatic heterocycles. The first-order valence-electron chi connectivity index (χ1n) is 6.67. The van der Waals surface area contributed by atoms with E-state index in [0.29, 0.717) is 10.9 Å². The summed E-state index contributed by atoms with van der Waals surface area (Å²) in [5.41, 5.74) is -0.319. The van der Waals surface area contributed by atoms with Crippen molar-refractivity contribution in [3.8, 4) is 11.1 Å². The zero-order valence-electron chi connectivity index (χ0n) is 11.6. The number of pyridine rings is 1. The van der Waals surface area contributed by atoms with Crippen LogP contribution in [0, 0.1) is 0 Å².